The van der Waals surface area contributed by atoms with E-state index in [1.807, 2.05) is 60.8 Å². The first kappa shape index (κ1) is 27.9. The van der Waals surface area contributed by atoms with E-state index < -0.39 is 17.7 Å². The molecular formula is C31H38N4O5. The number of aryl methyl sites for hydroxylation is 2. The van der Waals surface area contributed by atoms with Crippen molar-refractivity contribution in [3.63, 3.8) is 0 Å². The van der Waals surface area contributed by atoms with Gasteiger partial charge >= 0.3 is 0 Å². The molecule has 2 aromatic heterocycles. The van der Waals surface area contributed by atoms with Crippen LogP contribution in [0.25, 0.3) is 11.4 Å². The number of aliphatic hydroxyl groups is 1. The van der Waals surface area contributed by atoms with E-state index in [1.54, 1.807) is 4.90 Å². The highest BCUT2D eigenvalue weighted by Gasteiger charge is 2.46. The fourth-order valence-electron chi connectivity index (χ4n) is 5.50. The molecule has 2 aliphatic heterocycles. The monoisotopic (exact) mass is 546 g/mol. The normalized spacial score (nSPS) is 19.6. The van der Waals surface area contributed by atoms with E-state index in [0.29, 0.717) is 49.8 Å². The number of Topliss-reactive ketones (excluding diaryl/α,β-unsaturated/α-hetero) is 1. The second-order valence-electron chi connectivity index (χ2n) is 10.5. The van der Waals surface area contributed by atoms with Crippen LogP contribution in [0.3, 0.4) is 0 Å². The van der Waals surface area contributed by atoms with Gasteiger partial charge in [0.1, 0.15) is 17.1 Å². The first-order valence-corrected chi connectivity index (χ1v) is 14.2. The van der Waals surface area contributed by atoms with Gasteiger partial charge in [-0.1, -0.05) is 31.5 Å². The number of imidazole rings is 1. The number of hydrogen-bond acceptors (Lipinski definition) is 7. The summed E-state index contributed by atoms with van der Waals surface area (Å²) in [5.41, 5.74) is 3.47. The maximum Gasteiger partial charge on any atom is 0.295 e. The van der Waals surface area contributed by atoms with Gasteiger partial charge in [0.25, 0.3) is 11.7 Å². The molecule has 0 saturated carbocycles. The minimum atomic E-state index is -0.723. The van der Waals surface area contributed by atoms with Gasteiger partial charge < -0.3 is 23.9 Å². The molecule has 1 unspecified atom stereocenters. The summed E-state index contributed by atoms with van der Waals surface area (Å²) in [6.45, 7) is 10.8. The summed E-state index contributed by atoms with van der Waals surface area (Å²) in [4.78, 5) is 35.5. The minimum Gasteiger partial charge on any atom is -0.505 e. The number of ether oxygens (including phenoxy) is 2. The zero-order chi connectivity index (χ0) is 28.2. The van der Waals surface area contributed by atoms with Crippen molar-refractivity contribution in [3.8, 4) is 5.75 Å². The predicted molar refractivity (Wildman–Crippen MR) is 152 cm³/mol. The number of nitrogens with zero attached hydrogens (tertiary/aromatic N) is 4. The Balaban J connectivity index is 1.51. The molecule has 1 N–H and O–H groups in total. The molecule has 40 heavy (non-hydrogen) atoms. The molecule has 1 aromatic carbocycles. The highest BCUT2D eigenvalue weighted by atomic mass is 16.5. The Morgan fingerprint density at radius 2 is 1.82 bits per heavy atom. The SMILES string of the molecule is CCCCOc1ccc(C2/C(=C(\O)c3nc4c(C)cccn4c3C)C(=O)C(=O)N2CCCN2CCOCC2)cc1. The lowest BCUT2D eigenvalue weighted by Crippen LogP contribution is -2.38. The van der Waals surface area contributed by atoms with Gasteiger partial charge in [-0.3, -0.25) is 14.5 Å². The first-order valence-electron chi connectivity index (χ1n) is 14.2. The van der Waals surface area contributed by atoms with Crippen LogP contribution >= 0.6 is 0 Å². The van der Waals surface area contributed by atoms with Gasteiger partial charge in [-0.05, 0) is 56.0 Å². The summed E-state index contributed by atoms with van der Waals surface area (Å²) >= 11 is 0. The zero-order valence-corrected chi connectivity index (χ0v) is 23.6. The van der Waals surface area contributed by atoms with Crippen LogP contribution in [0.5, 0.6) is 5.75 Å². The van der Waals surface area contributed by atoms with E-state index >= 15 is 0 Å². The number of morpholine rings is 1. The molecule has 0 spiro atoms. The summed E-state index contributed by atoms with van der Waals surface area (Å²) in [7, 11) is 0. The van der Waals surface area contributed by atoms with Crippen LogP contribution in [-0.4, -0.2) is 82.0 Å². The smallest absolute Gasteiger partial charge is 0.295 e. The van der Waals surface area contributed by atoms with E-state index in [0.717, 1.165) is 49.4 Å². The Hall–Kier alpha value is -3.69. The van der Waals surface area contributed by atoms with Gasteiger partial charge in [-0.25, -0.2) is 4.98 Å². The summed E-state index contributed by atoms with van der Waals surface area (Å²) in [6, 6.07) is 10.6. The number of rotatable bonds is 10. The Morgan fingerprint density at radius 3 is 2.52 bits per heavy atom. The molecule has 9 heteroatoms. The molecule has 2 aliphatic rings. The lowest BCUT2D eigenvalue weighted by molar-refractivity contribution is -0.140. The van der Waals surface area contributed by atoms with Gasteiger partial charge in [-0.2, -0.15) is 0 Å². The molecule has 212 valence electrons. The molecule has 2 saturated heterocycles. The molecule has 3 aromatic rings. The lowest BCUT2D eigenvalue weighted by atomic mass is 9.96. The molecule has 5 rings (SSSR count). The summed E-state index contributed by atoms with van der Waals surface area (Å²) in [6.07, 6.45) is 4.58. The van der Waals surface area contributed by atoms with E-state index in [2.05, 4.69) is 16.8 Å². The van der Waals surface area contributed by atoms with Crippen LogP contribution in [0.15, 0.2) is 48.2 Å². The van der Waals surface area contributed by atoms with Crippen molar-refractivity contribution in [2.45, 2.75) is 46.1 Å². The number of amides is 1. The third kappa shape index (κ3) is 5.48. The number of fused-ring (bicyclic) bond motifs is 1. The Bertz CT molecular complexity index is 1410. The van der Waals surface area contributed by atoms with Crippen molar-refractivity contribution in [2.24, 2.45) is 0 Å². The average molecular weight is 547 g/mol. The molecule has 9 nitrogen and oxygen atoms in total. The number of pyridine rings is 1. The maximum atomic E-state index is 13.5. The third-order valence-electron chi connectivity index (χ3n) is 7.79. The van der Waals surface area contributed by atoms with Crippen molar-refractivity contribution in [1.29, 1.82) is 0 Å². The average Bonchev–Trinajstić information content (AvgIpc) is 3.44. The topological polar surface area (TPSA) is 96.6 Å². The van der Waals surface area contributed by atoms with Crippen LogP contribution in [-0.2, 0) is 14.3 Å². The summed E-state index contributed by atoms with van der Waals surface area (Å²) in [5, 5.41) is 11.6. The molecule has 1 amide bonds. The van der Waals surface area contributed by atoms with Crippen molar-refractivity contribution >= 4 is 23.1 Å². The van der Waals surface area contributed by atoms with Crippen molar-refractivity contribution < 1.29 is 24.2 Å². The highest BCUT2D eigenvalue weighted by Crippen LogP contribution is 2.40. The second kappa shape index (κ2) is 12.2. The number of carbonyl (C=O) groups is 2. The second-order valence-corrected chi connectivity index (χ2v) is 10.5. The van der Waals surface area contributed by atoms with Gasteiger partial charge in [0.2, 0.25) is 0 Å². The predicted octanol–water partition coefficient (Wildman–Crippen LogP) is 4.27. The third-order valence-corrected chi connectivity index (χ3v) is 7.79. The Morgan fingerprint density at radius 1 is 1.07 bits per heavy atom. The van der Waals surface area contributed by atoms with Gasteiger partial charge in [0, 0.05) is 32.4 Å². The largest absolute Gasteiger partial charge is 0.505 e. The van der Waals surface area contributed by atoms with Crippen LogP contribution in [0.4, 0.5) is 0 Å². The van der Waals surface area contributed by atoms with E-state index in [-0.39, 0.29) is 11.3 Å². The fourth-order valence-corrected chi connectivity index (χ4v) is 5.50. The van der Waals surface area contributed by atoms with E-state index in [1.165, 1.54) is 0 Å². The number of benzene rings is 1. The molecule has 1 atom stereocenters. The number of aromatic nitrogens is 2. The van der Waals surface area contributed by atoms with Crippen LogP contribution < -0.4 is 4.74 Å². The molecular weight excluding hydrogens is 508 g/mol. The van der Waals surface area contributed by atoms with Crippen LogP contribution in [0.2, 0.25) is 0 Å². The molecule has 0 radical (unpaired) electrons. The zero-order valence-electron chi connectivity index (χ0n) is 23.6. The molecule has 2 fully saturated rings. The fraction of sp³-hybridized carbons (Fsp3) is 0.452. The number of aliphatic hydroxyl groups excluding tert-OH is 1. The van der Waals surface area contributed by atoms with Crippen molar-refractivity contribution in [2.75, 3.05) is 46.0 Å². The van der Waals surface area contributed by atoms with Crippen molar-refractivity contribution in [1.82, 2.24) is 19.2 Å². The Kier molecular flexibility index (Phi) is 8.52. The Labute approximate surface area is 235 Å². The van der Waals surface area contributed by atoms with Gasteiger partial charge in [-0.15, -0.1) is 0 Å². The van der Waals surface area contributed by atoms with E-state index in [9.17, 15) is 14.7 Å². The molecule has 4 heterocycles. The molecule has 0 aliphatic carbocycles. The standard InChI is InChI=1S/C31H38N4O5/c1-4-5-18-40-24-11-9-23(10-12-24)27-25(28(36)26-22(3)34-14-6-8-21(2)30(34)32-26)29(37)31(38)35(27)15-7-13-33-16-19-39-20-17-33/h6,8-12,14,27,36H,4-5,7,13,15-20H2,1-3H3/b28-25+. The number of unbranched alkanes of at least 4 members (excludes halogenated alkanes) is 1. The quantitative estimate of drug-likeness (QED) is 0.176. The van der Waals surface area contributed by atoms with Crippen LogP contribution in [0.1, 0.15) is 54.7 Å². The highest BCUT2D eigenvalue weighted by molar-refractivity contribution is 6.46. The summed E-state index contributed by atoms with van der Waals surface area (Å²) in [5.74, 6) is -0.809. The number of carbonyl (C=O) groups excluding carboxylic acids is 2. The van der Waals surface area contributed by atoms with Gasteiger partial charge in [0.15, 0.2) is 5.76 Å². The molecule has 0 bridgehead atoms. The summed E-state index contributed by atoms with van der Waals surface area (Å²) < 4.78 is 13.2. The van der Waals surface area contributed by atoms with E-state index in [4.69, 9.17) is 9.47 Å². The minimum absolute atomic E-state index is 0.0696. The first-order chi connectivity index (χ1) is 19.4. The number of likely N-dealkylation sites (tertiary alicyclic amines) is 1. The number of ketones is 1. The van der Waals surface area contributed by atoms with Crippen molar-refractivity contribution in [3.05, 3.63) is 70.7 Å². The lowest BCUT2D eigenvalue weighted by Gasteiger charge is -2.29. The van der Waals surface area contributed by atoms with Crippen LogP contribution in [0, 0.1) is 13.8 Å². The van der Waals surface area contributed by atoms with Gasteiger partial charge in [0.05, 0.1) is 37.1 Å². The maximum absolute atomic E-state index is 13.5. The number of hydrogen-bond donors (Lipinski definition) is 1.